The molecule has 3 nitrogen and oxygen atoms in total. The topological polar surface area (TPSA) is 29.0 Å². The zero-order valence-corrected chi connectivity index (χ0v) is 12.4. The second-order valence-electron chi connectivity index (χ2n) is 4.94. The van der Waals surface area contributed by atoms with Crippen molar-refractivity contribution in [2.45, 2.75) is 0 Å². The minimum atomic E-state index is -0.352. The molecule has 0 aliphatic heterocycles. The van der Waals surface area contributed by atoms with Crippen molar-refractivity contribution < 1.29 is 4.39 Å². The molecule has 0 unspecified atom stereocenters. The van der Waals surface area contributed by atoms with E-state index in [1.807, 2.05) is 43.3 Å². The molecule has 3 rings (SSSR count). The normalized spacial score (nSPS) is 10.9. The highest BCUT2D eigenvalue weighted by molar-refractivity contribution is 6.34. The first-order valence-corrected chi connectivity index (χ1v) is 6.83. The highest BCUT2D eigenvalue weighted by Crippen LogP contribution is 2.27. The smallest absolute Gasteiger partial charge is 0.161 e. The number of hydrogen-bond donors (Lipinski definition) is 0. The van der Waals surface area contributed by atoms with Crippen LogP contribution in [0.15, 0.2) is 42.5 Å². The Balaban J connectivity index is 2.17. The number of hydrogen-bond acceptors (Lipinski definition) is 3. The van der Waals surface area contributed by atoms with Gasteiger partial charge in [0.05, 0.1) is 5.52 Å². The number of anilines is 1. The fraction of sp³-hybridized carbons (Fsp3) is 0.125. The molecular formula is C16H13ClFN3. The van der Waals surface area contributed by atoms with Crippen molar-refractivity contribution in [2.24, 2.45) is 0 Å². The number of benzene rings is 2. The van der Waals surface area contributed by atoms with Crippen LogP contribution in [0.5, 0.6) is 0 Å². The molecule has 0 atom stereocenters. The van der Waals surface area contributed by atoms with Gasteiger partial charge in [-0.1, -0.05) is 23.7 Å². The van der Waals surface area contributed by atoms with Gasteiger partial charge < -0.3 is 4.90 Å². The molecule has 0 bridgehead atoms. The van der Waals surface area contributed by atoms with Crippen LogP contribution in [-0.4, -0.2) is 24.1 Å². The fourth-order valence-corrected chi connectivity index (χ4v) is 2.35. The van der Waals surface area contributed by atoms with Gasteiger partial charge in [0.1, 0.15) is 11.0 Å². The van der Waals surface area contributed by atoms with E-state index < -0.39 is 0 Å². The minimum Gasteiger partial charge on any atom is -0.378 e. The van der Waals surface area contributed by atoms with Crippen molar-refractivity contribution in [1.82, 2.24) is 9.97 Å². The maximum absolute atomic E-state index is 13.3. The molecule has 0 amide bonds. The molecule has 0 aliphatic carbocycles. The Kier molecular flexibility index (Phi) is 3.47. The molecule has 21 heavy (non-hydrogen) atoms. The molecule has 0 saturated heterocycles. The summed E-state index contributed by atoms with van der Waals surface area (Å²) in [6, 6.07) is 12.2. The van der Waals surface area contributed by atoms with Gasteiger partial charge >= 0.3 is 0 Å². The van der Waals surface area contributed by atoms with Crippen LogP contribution in [0, 0.1) is 5.82 Å². The van der Waals surface area contributed by atoms with Crippen molar-refractivity contribution in [3.05, 3.63) is 53.4 Å². The molecule has 0 aliphatic rings. The van der Waals surface area contributed by atoms with E-state index >= 15 is 0 Å². The quantitative estimate of drug-likeness (QED) is 0.666. The van der Waals surface area contributed by atoms with Gasteiger partial charge in [0.25, 0.3) is 0 Å². The van der Waals surface area contributed by atoms with Gasteiger partial charge in [0, 0.05) is 30.7 Å². The monoisotopic (exact) mass is 301 g/mol. The summed E-state index contributed by atoms with van der Waals surface area (Å²) in [5.74, 6) is 0.179. The van der Waals surface area contributed by atoms with Crippen LogP contribution in [0.4, 0.5) is 10.1 Å². The fourth-order valence-electron chi connectivity index (χ4n) is 2.12. The second-order valence-corrected chi connectivity index (χ2v) is 5.30. The van der Waals surface area contributed by atoms with E-state index in [0.29, 0.717) is 16.7 Å². The molecule has 2 aromatic carbocycles. The summed E-state index contributed by atoms with van der Waals surface area (Å²) in [7, 11) is 3.94. The van der Waals surface area contributed by atoms with Gasteiger partial charge in [0.15, 0.2) is 5.82 Å². The number of rotatable bonds is 2. The zero-order valence-electron chi connectivity index (χ0n) is 11.6. The van der Waals surface area contributed by atoms with E-state index in [-0.39, 0.29) is 11.0 Å². The SMILES string of the molecule is CN(C)c1cccc(-c2nc(Cl)c3cc(F)ccc3n2)c1. The number of halogens is 2. The lowest BCUT2D eigenvalue weighted by Gasteiger charge is -2.13. The van der Waals surface area contributed by atoms with Crippen LogP contribution in [0.1, 0.15) is 0 Å². The molecule has 106 valence electrons. The van der Waals surface area contributed by atoms with E-state index in [1.54, 1.807) is 6.07 Å². The van der Waals surface area contributed by atoms with E-state index in [1.165, 1.54) is 12.1 Å². The van der Waals surface area contributed by atoms with Crippen LogP contribution in [0.25, 0.3) is 22.3 Å². The molecule has 1 heterocycles. The molecular weight excluding hydrogens is 289 g/mol. The van der Waals surface area contributed by atoms with Crippen LogP contribution in [0.3, 0.4) is 0 Å². The van der Waals surface area contributed by atoms with Gasteiger partial charge in [-0.3, -0.25) is 0 Å². The van der Waals surface area contributed by atoms with Crippen molar-refractivity contribution >= 4 is 28.2 Å². The lowest BCUT2D eigenvalue weighted by atomic mass is 10.1. The highest BCUT2D eigenvalue weighted by Gasteiger charge is 2.09. The van der Waals surface area contributed by atoms with E-state index in [2.05, 4.69) is 9.97 Å². The Bertz CT molecular complexity index is 818. The molecule has 0 fully saturated rings. The van der Waals surface area contributed by atoms with E-state index in [0.717, 1.165) is 11.3 Å². The van der Waals surface area contributed by atoms with Crippen molar-refractivity contribution in [1.29, 1.82) is 0 Å². The minimum absolute atomic E-state index is 0.254. The number of aromatic nitrogens is 2. The average Bonchev–Trinajstić information content (AvgIpc) is 2.48. The average molecular weight is 302 g/mol. The van der Waals surface area contributed by atoms with Crippen LogP contribution in [-0.2, 0) is 0 Å². The zero-order chi connectivity index (χ0) is 15.0. The predicted molar refractivity (Wildman–Crippen MR) is 84.3 cm³/mol. The predicted octanol–water partition coefficient (Wildman–Crippen LogP) is 4.16. The standard InChI is InChI=1S/C16H13ClFN3/c1-21(2)12-5-3-4-10(8-12)16-19-14-7-6-11(18)9-13(14)15(17)20-16/h3-9H,1-2H3. The van der Waals surface area contributed by atoms with E-state index in [4.69, 9.17) is 11.6 Å². The number of fused-ring (bicyclic) bond motifs is 1. The van der Waals surface area contributed by atoms with Gasteiger partial charge in [-0.2, -0.15) is 0 Å². The Morgan fingerprint density at radius 3 is 2.62 bits per heavy atom. The largest absolute Gasteiger partial charge is 0.378 e. The lowest BCUT2D eigenvalue weighted by molar-refractivity contribution is 0.629. The summed E-state index contributed by atoms with van der Waals surface area (Å²) in [6.07, 6.45) is 0. The summed E-state index contributed by atoms with van der Waals surface area (Å²) in [6.45, 7) is 0. The summed E-state index contributed by atoms with van der Waals surface area (Å²) >= 11 is 6.16. The summed E-state index contributed by atoms with van der Waals surface area (Å²) in [5, 5.41) is 0.772. The van der Waals surface area contributed by atoms with Gasteiger partial charge in [0.2, 0.25) is 0 Å². The first kappa shape index (κ1) is 13.8. The van der Waals surface area contributed by atoms with Crippen molar-refractivity contribution in [2.75, 3.05) is 19.0 Å². The molecule has 0 saturated carbocycles. The van der Waals surface area contributed by atoms with Crippen molar-refractivity contribution in [3.63, 3.8) is 0 Å². The Labute approximate surface area is 127 Å². The van der Waals surface area contributed by atoms with Gasteiger partial charge in [-0.15, -0.1) is 0 Å². The van der Waals surface area contributed by atoms with E-state index in [9.17, 15) is 4.39 Å². The van der Waals surface area contributed by atoms with Crippen LogP contribution in [0.2, 0.25) is 5.15 Å². The molecule has 3 aromatic rings. The summed E-state index contributed by atoms with van der Waals surface area (Å²) in [4.78, 5) is 10.8. The molecule has 5 heteroatoms. The molecule has 0 spiro atoms. The molecule has 0 radical (unpaired) electrons. The van der Waals surface area contributed by atoms with Crippen LogP contribution < -0.4 is 4.90 Å². The summed E-state index contributed by atoms with van der Waals surface area (Å²) in [5.41, 5.74) is 2.54. The van der Waals surface area contributed by atoms with Crippen molar-refractivity contribution in [3.8, 4) is 11.4 Å². The second kappa shape index (κ2) is 5.30. The maximum Gasteiger partial charge on any atom is 0.161 e. The Hall–Kier alpha value is -2.20. The highest BCUT2D eigenvalue weighted by atomic mass is 35.5. The third kappa shape index (κ3) is 2.67. The first-order valence-electron chi connectivity index (χ1n) is 6.45. The maximum atomic E-state index is 13.3. The molecule has 0 N–H and O–H groups in total. The van der Waals surface area contributed by atoms with Crippen LogP contribution >= 0.6 is 11.6 Å². The van der Waals surface area contributed by atoms with Gasteiger partial charge in [-0.05, 0) is 30.3 Å². The summed E-state index contributed by atoms with van der Waals surface area (Å²) < 4.78 is 13.3. The lowest BCUT2D eigenvalue weighted by Crippen LogP contribution is -2.08. The molecule has 1 aromatic heterocycles. The third-order valence-electron chi connectivity index (χ3n) is 3.23. The van der Waals surface area contributed by atoms with Gasteiger partial charge in [-0.25, -0.2) is 14.4 Å². The number of nitrogens with zero attached hydrogens (tertiary/aromatic N) is 3. The Morgan fingerprint density at radius 1 is 1.05 bits per heavy atom. The Morgan fingerprint density at radius 2 is 1.86 bits per heavy atom. The first-order chi connectivity index (χ1) is 10.0. The third-order valence-corrected chi connectivity index (χ3v) is 3.52.